The Balaban J connectivity index is 2.36. The summed E-state index contributed by atoms with van der Waals surface area (Å²) in [5.41, 5.74) is 2.87. The summed E-state index contributed by atoms with van der Waals surface area (Å²) in [5, 5.41) is 0. The zero-order valence-corrected chi connectivity index (χ0v) is 10.5. The molecule has 1 aliphatic rings. The second kappa shape index (κ2) is 3.28. The van der Waals surface area contributed by atoms with Crippen molar-refractivity contribution in [2.75, 3.05) is 0 Å². The molecular formula is C12H9IS. The van der Waals surface area contributed by atoms with E-state index in [2.05, 4.69) is 69.7 Å². The van der Waals surface area contributed by atoms with Gasteiger partial charge in [-0.25, -0.2) is 0 Å². The van der Waals surface area contributed by atoms with Crippen LogP contribution in [-0.2, 0) is 0 Å². The summed E-state index contributed by atoms with van der Waals surface area (Å²) in [5.74, 6) is 0. The average molecular weight is 312 g/mol. The molecule has 0 unspecified atom stereocenters. The molecule has 0 bridgehead atoms. The highest BCUT2D eigenvalue weighted by Gasteiger charge is 2.22. The first-order valence-electron chi connectivity index (χ1n) is 4.52. The highest BCUT2D eigenvalue weighted by atomic mass is 127. The van der Waals surface area contributed by atoms with E-state index in [1.54, 1.807) is 0 Å². The summed E-state index contributed by atoms with van der Waals surface area (Å²) in [6, 6.07) is 17.5. The number of thiol groups is 1. The fourth-order valence-corrected chi connectivity index (χ4v) is 5.91. The molecular weight excluding hydrogens is 303 g/mol. The molecule has 0 N–H and O–H groups in total. The van der Waals surface area contributed by atoms with Gasteiger partial charge in [-0.2, -0.15) is 0 Å². The van der Waals surface area contributed by atoms with Gasteiger partial charge in [-0.15, -0.1) is 8.07 Å². The summed E-state index contributed by atoms with van der Waals surface area (Å²) in [7, 11) is -0.127. The van der Waals surface area contributed by atoms with Gasteiger partial charge >= 0.3 is 0 Å². The van der Waals surface area contributed by atoms with Crippen LogP contribution >= 0.6 is 29.3 Å². The van der Waals surface area contributed by atoms with Crippen molar-refractivity contribution < 1.29 is 0 Å². The Morgan fingerprint density at radius 3 is 1.64 bits per heavy atom. The van der Waals surface area contributed by atoms with Crippen LogP contribution in [-0.4, -0.2) is 0 Å². The minimum absolute atomic E-state index is 0.127. The van der Waals surface area contributed by atoms with Crippen molar-refractivity contribution in [3.05, 3.63) is 48.5 Å². The Morgan fingerprint density at radius 2 is 1.14 bits per heavy atom. The average Bonchev–Trinajstić information content (AvgIpc) is 2.55. The Bertz CT molecular complexity index is 448. The minimum atomic E-state index is -0.127. The van der Waals surface area contributed by atoms with E-state index in [0.717, 1.165) is 0 Å². The van der Waals surface area contributed by atoms with Gasteiger partial charge < -0.3 is 0 Å². The first-order valence-corrected chi connectivity index (χ1v) is 8.65. The van der Waals surface area contributed by atoms with Gasteiger partial charge in [0, 0.05) is 9.79 Å². The van der Waals surface area contributed by atoms with E-state index < -0.39 is 0 Å². The number of hydrogen-bond donors (Lipinski definition) is 1. The lowest BCUT2D eigenvalue weighted by Gasteiger charge is -2.07. The molecule has 1 heterocycles. The van der Waals surface area contributed by atoms with Crippen molar-refractivity contribution in [1.82, 2.24) is 0 Å². The third kappa shape index (κ3) is 1.13. The molecule has 0 fully saturated rings. The van der Waals surface area contributed by atoms with Gasteiger partial charge in [0.05, 0.1) is 0 Å². The summed E-state index contributed by atoms with van der Waals surface area (Å²) < 4.78 is 0. The van der Waals surface area contributed by atoms with Crippen molar-refractivity contribution in [2.45, 2.75) is 9.79 Å². The molecule has 0 nitrogen and oxygen atoms in total. The predicted molar refractivity (Wildman–Crippen MR) is 71.4 cm³/mol. The maximum Gasteiger partial charge on any atom is 0.00799 e. The Morgan fingerprint density at radius 1 is 0.714 bits per heavy atom. The topological polar surface area (TPSA) is 0 Å². The van der Waals surface area contributed by atoms with E-state index in [0.29, 0.717) is 0 Å². The molecule has 0 aliphatic carbocycles. The van der Waals surface area contributed by atoms with Gasteiger partial charge in [0.1, 0.15) is 0 Å². The maximum atomic E-state index is 2.58. The van der Waals surface area contributed by atoms with Crippen LogP contribution in [0.2, 0.25) is 0 Å². The Kier molecular flexibility index (Phi) is 2.06. The second-order valence-electron chi connectivity index (χ2n) is 3.32. The van der Waals surface area contributed by atoms with E-state index in [-0.39, 0.29) is 8.07 Å². The number of benzene rings is 2. The largest absolute Gasteiger partial charge is 0.144 e. The molecule has 0 spiro atoms. The molecule has 14 heavy (non-hydrogen) atoms. The van der Waals surface area contributed by atoms with Crippen molar-refractivity contribution >= 4 is 29.3 Å². The van der Waals surface area contributed by atoms with Gasteiger partial charge in [0.2, 0.25) is 0 Å². The van der Waals surface area contributed by atoms with E-state index in [1.165, 1.54) is 20.9 Å². The van der Waals surface area contributed by atoms with E-state index >= 15 is 0 Å². The molecule has 0 saturated heterocycles. The van der Waals surface area contributed by atoms with Crippen molar-refractivity contribution in [3.8, 4) is 11.1 Å². The smallest absolute Gasteiger partial charge is 0.00799 e. The summed E-state index contributed by atoms with van der Waals surface area (Å²) in [6.07, 6.45) is 0. The van der Waals surface area contributed by atoms with E-state index in [1.807, 2.05) is 0 Å². The zero-order chi connectivity index (χ0) is 9.54. The molecule has 0 aromatic heterocycles. The lowest BCUT2D eigenvalue weighted by molar-refractivity contribution is 1.45. The molecule has 0 atom stereocenters. The fourth-order valence-electron chi connectivity index (χ4n) is 1.87. The molecule has 0 saturated carbocycles. The third-order valence-corrected chi connectivity index (χ3v) is 7.27. The summed E-state index contributed by atoms with van der Waals surface area (Å²) >= 11 is 2.58. The highest BCUT2D eigenvalue weighted by molar-refractivity contribution is 14.2. The van der Waals surface area contributed by atoms with Crippen LogP contribution in [0.1, 0.15) is 0 Å². The van der Waals surface area contributed by atoms with Crippen LogP contribution < -0.4 is 0 Å². The van der Waals surface area contributed by atoms with Gasteiger partial charge in [0.25, 0.3) is 0 Å². The molecule has 2 aromatic rings. The third-order valence-electron chi connectivity index (χ3n) is 2.52. The van der Waals surface area contributed by atoms with Crippen LogP contribution in [0.5, 0.6) is 0 Å². The standard InChI is InChI=1S/C12H9IS/c13-14-11-7-3-1-5-9(11)10-6-2-4-8-12(10)14/h1-8,14H. The number of hydrogen-bond acceptors (Lipinski definition) is 0. The van der Waals surface area contributed by atoms with E-state index in [4.69, 9.17) is 0 Å². The Labute approximate surface area is 98.3 Å². The molecule has 0 amide bonds. The molecule has 2 aromatic carbocycles. The first kappa shape index (κ1) is 8.80. The lowest BCUT2D eigenvalue weighted by atomic mass is 10.1. The SMILES string of the molecule is I[SH]1c2ccccc2-c2ccccc21. The van der Waals surface area contributed by atoms with Gasteiger partial charge in [-0.05, 0) is 44.5 Å². The predicted octanol–water partition coefficient (Wildman–Crippen LogP) is 4.44. The monoisotopic (exact) mass is 312 g/mol. The fraction of sp³-hybridized carbons (Fsp3) is 0. The van der Waals surface area contributed by atoms with Crippen LogP contribution in [0.15, 0.2) is 58.3 Å². The van der Waals surface area contributed by atoms with Crippen LogP contribution in [0.25, 0.3) is 11.1 Å². The summed E-state index contributed by atoms with van der Waals surface area (Å²) in [6.45, 7) is 0. The Hall–Kier alpha value is -0.480. The normalized spacial score (nSPS) is 15.1. The van der Waals surface area contributed by atoms with Gasteiger partial charge in [0.15, 0.2) is 0 Å². The highest BCUT2D eigenvalue weighted by Crippen LogP contribution is 2.62. The number of rotatable bonds is 0. The molecule has 70 valence electrons. The molecule has 0 radical (unpaired) electrons. The van der Waals surface area contributed by atoms with Crippen LogP contribution in [0.4, 0.5) is 0 Å². The van der Waals surface area contributed by atoms with Crippen molar-refractivity contribution in [2.24, 2.45) is 0 Å². The molecule has 3 rings (SSSR count). The first-order chi connectivity index (χ1) is 6.88. The zero-order valence-electron chi connectivity index (χ0n) is 7.44. The maximum absolute atomic E-state index is 2.58. The van der Waals surface area contributed by atoms with Crippen molar-refractivity contribution in [3.63, 3.8) is 0 Å². The number of halogens is 1. The van der Waals surface area contributed by atoms with Crippen LogP contribution in [0.3, 0.4) is 0 Å². The number of fused-ring (bicyclic) bond motifs is 3. The minimum Gasteiger partial charge on any atom is -0.144 e. The van der Waals surface area contributed by atoms with Crippen LogP contribution in [0, 0.1) is 0 Å². The van der Waals surface area contributed by atoms with Gasteiger partial charge in [-0.3, -0.25) is 0 Å². The summed E-state index contributed by atoms with van der Waals surface area (Å²) in [4.78, 5) is 3.04. The van der Waals surface area contributed by atoms with E-state index in [9.17, 15) is 0 Å². The lowest BCUT2D eigenvalue weighted by Crippen LogP contribution is -1.73. The second-order valence-corrected chi connectivity index (χ2v) is 7.73. The van der Waals surface area contributed by atoms with Gasteiger partial charge in [-0.1, -0.05) is 36.4 Å². The molecule has 2 heteroatoms. The molecule has 1 aliphatic heterocycles. The quantitative estimate of drug-likeness (QED) is 0.540. The van der Waals surface area contributed by atoms with Crippen molar-refractivity contribution in [1.29, 1.82) is 0 Å².